The van der Waals surface area contributed by atoms with Gasteiger partial charge in [-0.25, -0.2) is 0 Å². The summed E-state index contributed by atoms with van der Waals surface area (Å²) in [6, 6.07) is 7.78. The standard InChI is InChI=1S/C13H12N4OS/c14-13(18)9-4-10(19-7-9)6-15-11-3-1-2-8-5-16-17-12(8)11/h1-5,7,15H,6H2,(H2,14,18)(H,16,17). The van der Waals surface area contributed by atoms with Crippen LogP contribution in [0.1, 0.15) is 15.2 Å². The molecule has 0 aliphatic heterocycles. The summed E-state index contributed by atoms with van der Waals surface area (Å²) >= 11 is 1.52. The lowest BCUT2D eigenvalue weighted by atomic mass is 10.2. The number of amides is 1. The SMILES string of the molecule is NC(=O)c1csc(CNc2cccc3cn[nH]c23)c1. The largest absolute Gasteiger partial charge is 0.378 e. The van der Waals surface area contributed by atoms with Gasteiger partial charge in [-0.05, 0) is 12.1 Å². The van der Waals surface area contributed by atoms with E-state index >= 15 is 0 Å². The molecule has 5 nitrogen and oxygen atoms in total. The number of benzene rings is 1. The van der Waals surface area contributed by atoms with E-state index in [0.29, 0.717) is 12.1 Å². The van der Waals surface area contributed by atoms with Gasteiger partial charge in [-0.2, -0.15) is 5.10 Å². The average molecular weight is 272 g/mol. The molecule has 0 fully saturated rings. The van der Waals surface area contributed by atoms with Gasteiger partial charge in [0.2, 0.25) is 5.91 Å². The highest BCUT2D eigenvalue weighted by Crippen LogP contribution is 2.22. The Bertz CT molecular complexity index is 731. The molecule has 96 valence electrons. The second-order valence-corrected chi connectivity index (χ2v) is 5.16. The number of H-pyrrole nitrogens is 1. The molecule has 0 spiro atoms. The van der Waals surface area contributed by atoms with Crippen LogP contribution in [0.3, 0.4) is 0 Å². The minimum Gasteiger partial charge on any atom is -0.378 e. The zero-order chi connectivity index (χ0) is 13.2. The smallest absolute Gasteiger partial charge is 0.249 e. The maximum absolute atomic E-state index is 11.0. The molecule has 0 bridgehead atoms. The number of rotatable bonds is 4. The van der Waals surface area contributed by atoms with Gasteiger partial charge in [0.1, 0.15) is 0 Å². The molecular formula is C13H12N4OS. The predicted molar refractivity (Wildman–Crippen MR) is 76.3 cm³/mol. The fraction of sp³-hybridized carbons (Fsp3) is 0.0769. The molecule has 0 saturated carbocycles. The number of carbonyl (C=O) groups is 1. The van der Waals surface area contributed by atoms with E-state index < -0.39 is 5.91 Å². The van der Waals surface area contributed by atoms with E-state index in [2.05, 4.69) is 15.5 Å². The first-order valence-electron chi connectivity index (χ1n) is 5.77. The number of nitrogens with one attached hydrogen (secondary N) is 2. The number of fused-ring (bicyclic) bond motifs is 1. The summed E-state index contributed by atoms with van der Waals surface area (Å²) in [6.07, 6.45) is 1.79. The Morgan fingerprint density at radius 3 is 3.16 bits per heavy atom. The van der Waals surface area contributed by atoms with Crippen molar-refractivity contribution in [3.05, 3.63) is 46.3 Å². The van der Waals surface area contributed by atoms with Gasteiger partial charge in [-0.3, -0.25) is 9.89 Å². The molecule has 1 amide bonds. The van der Waals surface area contributed by atoms with Crippen LogP contribution in [0.2, 0.25) is 0 Å². The molecule has 0 radical (unpaired) electrons. The van der Waals surface area contributed by atoms with Crippen LogP contribution in [0, 0.1) is 0 Å². The maximum atomic E-state index is 11.0. The first-order chi connectivity index (χ1) is 9.24. The van der Waals surface area contributed by atoms with Crippen molar-refractivity contribution in [2.24, 2.45) is 5.73 Å². The molecule has 3 rings (SSSR count). The highest BCUT2D eigenvalue weighted by molar-refractivity contribution is 7.10. The third-order valence-electron chi connectivity index (χ3n) is 2.87. The van der Waals surface area contributed by atoms with E-state index in [-0.39, 0.29) is 0 Å². The van der Waals surface area contributed by atoms with Crippen molar-refractivity contribution >= 4 is 33.8 Å². The second-order valence-electron chi connectivity index (χ2n) is 4.16. The Morgan fingerprint density at radius 1 is 1.47 bits per heavy atom. The lowest BCUT2D eigenvalue weighted by Crippen LogP contribution is -2.09. The summed E-state index contributed by atoms with van der Waals surface area (Å²) in [6.45, 7) is 0.649. The third-order valence-corrected chi connectivity index (χ3v) is 3.80. The number of para-hydroxylation sites is 1. The zero-order valence-electron chi connectivity index (χ0n) is 10.0. The van der Waals surface area contributed by atoms with E-state index in [1.807, 2.05) is 24.3 Å². The molecule has 3 aromatic rings. The van der Waals surface area contributed by atoms with Crippen LogP contribution in [-0.2, 0) is 6.54 Å². The zero-order valence-corrected chi connectivity index (χ0v) is 10.8. The number of hydrogen-bond donors (Lipinski definition) is 3. The molecule has 2 heterocycles. The number of aromatic nitrogens is 2. The highest BCUT2D eigenvalue weighted by Gasteiger charge is 2.06. The van der Waals surface area contributed by atoms with Crippen molar-refractivity contribution in [1.82, 2.24) is 10.2 Å². The molecule has 0 aliphatic carbocycles. The van der Waals surface area contributed by atoms with Crippen molar-refractivity contribution in [2.75, 3.05) is 5.32 Å². The Kier molecular flexibility index (Phi) is 2.92. The second kappa shape index (κ2) is 4.74. The fourth-order valence-corrected chi connectivity index (χ4v) is 2.71. The Labute approximate surface area is 113 Å². The van der Waals surface area contributed by atoms with Gasteiger partial charge >= 0.3 is 0 Å². The van der Waals surface area contributed by atoms with Crippen LogP contribution in [0.15, 0.2) is 35.8 Å². The molecule has 0 aliphatic rings. The average Bonchev–Trinajstić information content (AvgIpc) is 3.05. The summed E-state index contributed by atoms with van der Waals surface area (Å²) in [5, 5.41) is 13.2. The first kappa shape index (κ1) is 11.7. The quantitative estimate of drug-likeness (QED) is 0.681. The van der Waals surface area contributed by atoms with E-state index in [9.17, 15) is 4.79 Å². The van der Waals surface area contributed by atoms with Crippen molar-refractivity contribution in [1.29, 1.82) is 0 Å². The molecule has 19 heavy (non-hydrogen) atoms. The summed E-state index contributed by atoms with van der Waals surface area (Å²) in [5.74, 6) is -0.391. The van der Waals surface area contributed by atoms with E-state index in [1.54, 1.807) is 11.6 Å². The normalized spacial score (nSPS) is 10.7. The van der Waals surface area contributed by atoms with E-state index in [0.717, 1.165) is 21.5 Å². The van der Waals surface area contributed by atoms with Crippen LogP contribution in [0.25, 0.3) is 10.9 Å². The number of carbonyl (C=O) groups excluding carboxylic acids is 1. The Hall–Kier alpha value is -2.34. The van der Waals surface area contributed by atoms with Crippen LogP contribution in [0.5, 0.6) is 0 Å². The lowest BCUT2D eigenvalue weighted by molar-refractivity contribution is 0.100. The molecule has 0 saturated heterocycles. The number of anilines is 1. The Morgan fingerprint density at radius 2 is 2.37 bits per heavy atom. The lowest BCUT2D eigenvalue weighted by Gasteiger charge is -2.05. The minimum atomic E-state index is -0.391. The van der Waals surface area contributed by atoms with E-state index in [4.69, 9.17) is 5.73 Å². The van der Waals surface area contributed by atoms with Crippen LogP contribution < -0.4 is 11.1 Å². The minimum absolute atomic E-state index is 0.391. The monoisotopic (exact) mass is 272 g/mol. The molecule has 0 atom stereocenters. The van der Waals surface area contributed by atoms with Gasteiger partial charge in [0.05, 0.1) is 23.0 Å². The van der Waals surface area contributed by atoms with Crippen LogP contribution in [0.4, 0.5) is 5.69 Å². The van der Waals surface area contributed by atoms with Crippen molar-refractivity contribution in [2.45, 2.75) is 6.54 Å². The Balaban J connectivity index is 1.78. The number of hydrogen-bond acceptors (Lipinski definition) is 4. The van der Waals surface area contributed by atoms with Crippen LogP contribution >= 0.6 is 11.3 Å². The van der Waals surface area contributed by atoms with Crippen LogP contribution in [-0.4, -0.2) is 16.1 Å². The molecule has 0 unspecified atom stereocenters. The van der Waals surface area contributed by atoms with Gasteiger partial charge in [-0.15, -0.1) is 11.3 Å². The van der Waals surface area contributed by atoms with Gasteiger partial charge in [0.15, 0.2) is 0 Å². The summed E-state index contributed by atoms with van der Waals surface area (Å²) in [7, 11) is 0. The summed E-state index contributed by atoms with van der Waals surface area (Å²) in [5.41, 5.74) is 7.76. The summed E-state index contributed by atoms with van der Waals surface area (Å²) in [4.78, 5) is 12.1. The molecule has 4 N–H and O–H groups in total. The fourth-order valence-electron chi connectivity index (χ4n) is 1.90. The van der Waals surface area contributed by atoms with Crippen molar-refractivity contribution < 1.29 is 4.79 Å². The number of primary amides is 1. The third kappa shape index (κ3) is 2.30. The van der Waals surface area contributed by atoms with Crippen molar-refractivity contribution in [3.63, 3.8) is 0 Å². The van der Waals surface area contributed by atoms with Gasteiger partial charge in [0.25, 0.3) is 0 Å². The van der Waals surface area contributed by atoms with Crippen molar-refractivity contribution in [3.8, 4) is 0 Å². The highest BCUT2D eigenvalue weighted by atomic mass is 32.1. The van der Waals surface area contributed by atoms with Gasteiger partial charge < -0.3 is 11.1 Å². The molecule has 6 heteroatoms. The topological polar surface area (TPSA) is 83.8 Å². The number of nitrogens with zero attached hydrogens (tertiary/aromatic N) is 1. The summed E-state index contributed by atoms with van der Waals surface area (Å²) < 4.78 is 0. The first-order valence-corrected chi connectivity index (χ1v) is 6.65. The molecular weight excluding hydrogens is 260 g/mol. The maximum Gasteiger partial charge on any atom is 0.249 e. The molecule has 1 aromatic carbocycles. The predicted octanol–water partition coefficient (Wildman–Crippen LogP) is 2.34. The number of nitrogens with two attached hydrogens (primary N) is 1. The van der Waals surface area contributed by atoms with E-state index in [1.165, 1.54) is 11.3 Å². The number of aromatic amines is 1. The van der Waals surface area contributed by atoms with Gasteiger partial charge in [-0.1, -0.05) is 12.1 Å². The van der Waals surface area contributed by atoms with Gasteiger partial charge in [0, 0.05) is 22.2 Å². The number of thiophene rings is 1. The molecule has 2 aromatic heterocycles.